The highest BCUT2D eigenvalue weighted by Gasteiger charge is 2.16. The first-order chi connectivity index (χ1) is 11.3. The van der Waals surface area contributed by atoms with Gasteiger partial charge in [-0.25, -0.2) is 8.78 Å². The molecule has 8 heteroatoms. The number of aryl methyl sites for hydroxylation is 2. The van der Waals surface area contributed by atoms with E-state index in [4.69, 9.17) is 4.42 Å². The first-order valence-electron chi connectivity index (χ1n) is 7.00. The zero-order valence-electron chi connectivity index (χ0n) is 13.3. The first-order valence-corrected chi connectivity index (χ1v) is 7.00. The van der Waals surface area contributed by atoms with Gasteiger partial charge in [-0.2, -0.15) is 0 Å². The Hall–Kier alpha value is -2.90. The normalized spacial score (nSPS) is 10.4. The zero-order chi connectivity index (χ0) is 17.9. The number of ether oxygens (including phenoxy) is 1. The van der Waals surface area contributed by atoms with Crippen LogP contribution in [0.15, 0.2) is 22.6 Å². The molecule has 2 amide bonds. The van der Waals surface area contributed by atoms with Crippen molar-refractivity contribution < 1.29 is 27.5 Å². The molecular formula is C16H16F2N2O4. The van der Waals surface area contributed by atoms with Crippen molar-refractivity contribution in [2.24, 2.45) is 0 Å². The van der Waals surface area contributed by atoms with Crippen LogP contribution in [0.1, 0.15) is 21.9 Å². The first kappa shape index (κ1) is 17.5. The third-order valence-electron chi connectivity index (χ3n) is 3.18. The van der Waals surface area contributed by atoms with Crippen molar-refractivity contribution in [3.8, 4) is 5.75 Å². The predicted octanol–water partition coefficient (Wildman–Crippen LogP) is 2.55. The van der Waals surface area contributed by atoms with Crippen LogP contribution in [0.4, 0.5) is 14.5 Å². The number of methoxy groups -OCH3 is 1. The largest absolute Gasteiger partial charge is 0.491 e. The number of amides is 2. The van der Waals surface area contributed by atoms with Crippen LogP contribution in [0.3, 0.4) is 0 Å². The van der Waals surface area contributed by atoms with Crippen LogP contribution >= 0.6 is 0 Å². The lowest BCUT2D eigenvalue weighted by Gasteiger charge is -2.09. The maximum absolute atomic E-state index is 13.5. The maximum Gasteiger partial charge on any atom is 0.255 e. The molecule has 0 unspecified atom stereocenters. The average molecular weight is 338 g/mol. The molecule has 0 saturated carbocycles. The van der Waals surface area contributed by atoms with E-state index < -0.39 is 29.2 Å². The van der Waals surface area contributed by atoms with E-state index in [1.807, 2.05) is 0 Å². The number of hydrogen-bond acceptors (Lipinski definition) is 4. The summed E-state index contributed by atoms with van der Waals surface area (Å²) >= 11 is 0. The number of carbonyl (C=O) groups excluding carboxylic acids is 2. The fourth-order valence-electron chi connectivity index (χ4n) is 2.14. The van der Waals surface area contributed by atoms with Gasteiger partial charge in [-0.1, -0.05) is 0 Å². The summed E-state index contributed by atoms with van der Waals surface area (Å²) in [6, 6.07) is 3.40. The SMILES string of the molecule is COc1c(F)cc(NC(=O)CNC(=O)c2cc(C)oc2C)cc1F. The molecule has 0 atom stereocenters. The Bertz CT molecular complexity index is 763. The highest BCUT2D eigenvalue weighted by Crippen LogP contribution is 2.25. The second kappa shape index (κ2) is 7.12. The van der Waals surface area contributed by atoms with Crippen molar-refractivity contribution in [1.29, 1.82) is 0 Å². The van der Waals surface area contributed by atoms with Crippen molar-refractivity contribution in [3.05, 3.63) is 46.9 Å². The van der Waals surface area contributed by atoms with Crippen molar-refractivity contribution in [2.75, 3.05) is 19.0 Å². The van der Waals surface area contributed by atoms with Gasteiger partial charge < -0.3 is 19.8 Å². The summed E-state index contributed by atoms with van der Waals surface area (Å²) in [5.74, 6) is -2.53. The van der Waals surface area contributed by atoms with Crippen LogP contribution in [-0.2, 0) is 4.79 Å². The van der Waals surface area contributed by atoms with Gasteiger partial charge in [-0.3, -0.25) is 9.59 Å². The van der Waals surface area contributed by atoms with Gasteiger partial charge in [-0.05, 0) is 19.9 Å². The molecule has 0 fully saturated rings. The molecule has 0 spiro atoms. The Morgan fingerprint density at radius 3 is 2.29 bits per heavy atom. The molecule has 128 valence electrons. The molecule has 0 aliphatic heterocycles. The smallest absolute Gasteiger partial charge is 0.255 e. The molecule has 24 heavy (non-hydrogen) atoms. The number of anilines is 1. The number of nitrogens with one attached hydrogen (secondary N) is 2. The lowest BCUT2D eigenvalue weighted by Crippen LogP contribution is -2.33. The molecule has 1 aromatic carbocycles. The van der Waals surface area contributed by atoms with Gasteiger partial charge in [0.05, 0.1) is 19.2 Å². The molecule has 0 saturated heterocycles. The molecule has 2 aromatic rings. The zero-order valence-corrected chi connectivity index (χ0v) is 13.3. The topological polar surface area (TPSA) is 80.6 Å². The molecule has 0 bridgehead atoms. The van der Waals surface area contributed by atoms with Gasteiger partial charge in [0.15, 0.2) is 17.4 Å². The Kier molecular flexibility index (Phi) is 5.18. The van der Waals surface area contributed by atoms with Crippen LogP contribution in [0, 0.1) is 25.5 Å². The second-order valence-electron chi connectivity index (χ2n) is 5.03. The van der Waals surface area contributed by atoms with E-state index >= 15 is 0 Å². The second-order valence-corrected chi connectivity index (χ2v) is 5.03. The Morgan fingerprint density at radius 2 is 1.79 bits per heavy atom. The van der Waals surface area contributed by atoms with Gasteiger partial charge in [-0.15, -0.1) is 0 Å². The van der Waals surface area contributed by atoms with Gasteiger partial charge in [0.2, 0.25) is 5.91 Å². The minimum Gasteiger partial charge on any atom is -0.491 e. The van der Waals surface area contributed by atoms with Crippen LogP contribution in [-0.4, -0.2) is 25.5 Å². The number of furan rings is 1. The quantitative estimate of drug-likeness (QED) is 0.878. The maximum atomic E-state index is 13.5. The van der Waals surface area contributed by atoms with Crippen molar-refractivity contribution >= 4 is 17.5 Å². The summed E-state index contributed by atoms with van der Waals surface area (Å²) in [4.78, 5) is 23.7. The van der Waals surface area contributed by atoms with Crippen molar-refractivity contribution in [3.63, 3.8) is 0 Å². The van der Waals surface area contributed by atoms with Crippen molar-refractivity contribution in [1.82, 2.24) is 5.32 Å². The fraction of sp³-hybridized carbons (Fsp3) is 0.250. The van der Waals surface area contributed by atoms with Crippen LogP contribution < -0.4 is 15.4 Å². The van der Waals surface area contributed by atoms with E-state index in [2.05, 4.69) is 15.4 Å². The van der Waals surface area contributed by atoms with Gasteiger partial charge in [0.1, 0.15) is 11.5 Å². The summed E-state index contributed by atoms with van der Waals surface area (Å²) in [7, 11) is 1.13. The Morgan fingerprint density at radius 1 is 1.17 bits per heavy atom. The van der Waals surface area contributed by atoms with Crippen LogP contribution in [0.2, 0.25) is 0 Å². The Balaban J connectivity index is 1.96. The fourth-order valence-corrected chi connectivity index (χ4v) is 2.14. The van der Waals surface area contributed by atoms with E-state index in [-0.39, 0.29) is 12.2 Å². The lowest BCUT2D eigenvalue weighted by molar-refractivity contribution is -0.115. The molecule has 1 heterocycles. The minimum absolute atomic E-state index is 0.0830. The van der Waals surface area contributed by atoms with Gasteiger partial charge >= 0.3 is 0 Å². The number of hydrogen-bond donors (Lipinski definition) is 2. The van der Waals surface area contributed by atoms with Crippen LogP contribution in [0.25, 0.3) is 0 Å². The standard InChI is InChI=1S/C16H16F2N2O4/c1-8-4-11(9(2)24-8)16(22)19-7-14(21)20-10-5-12(17)15(23-3)13(18)6-10/h4-6H,7H2,1-3H3,(H,19,22)(H,20,21). The van der Waals surface area contributed by atoms with Crippen molar-refractivity contribution in [2.45, 2.75) is 13.8 Å². The highest BCUT2D eigenvalue weighted by molar-refractivity contribution is 5.99. The average Bonchev–Trinajstić information content (AvgIpc) is 2.83. The van der Waals surface area contributed by atoms with E-state index in [0.717, 1.165) is 19.2 Å². The number of carbonyl (C=O) groups is 2. The Labute approximate surface area is 136 Å². The molecule has 1 aromatic heterocycles. The summed E-state index contributed by atoms with van der Waals surface area (Å²) in [6.45, 7) is 2.96. The summed E-state index contributed by atoms with van der Waals surface area (Å²) in [5.41, 5.74) is 0.238. The third kappa shape index (κ3) is 3.89. The lowest BCUT2D eigenvalue weighted by atomic mass is 10.2. The van der Waals surface area contributed by atoms with E-state index in [0.29, 0.717) is 17.1 Å². The summed E-state index contributed by atoms with van der Waals surface area (Å²) in [6.07, 6.45) is 0. The molecular weight excluding hydrogens is 322 g/mol. The minimum atomic E-state index is -0.943. The molecule has 6 nitrogen and oxygen atoms in total. The molecule has 0 aliphatic carbocycles. The monoisotopic (exact) mass is 338 g/mol. The molecule has 2 rings (SSSR count). The number of halogens is 2. The van der Waals surface area contributed by atoms with Gasteiger partial charge in [0, 0.05) is 17.8 Å². The van der Waals surface area contributed by atoms with E-state index in [1.165, 1.54) is 0 Å². The number of benzene rings is 1. The van der Waals surface area contributed by atoms with Crippen LogP contribution in [0.5, 0.6) is 5.75 Å². The summed E-state index contributed by atoms with van der Waals surface area (Å²) < 4.78 is 36.9. The summed E-state index contributed by atoms with van der Waals surface area (Å²) in [5, 5.41) is 4.69. The molecule has 0 aliphatic rings. The number of rotatable bonds is 5. The van der Waals surface area contributed by atoms with E-state index in [9.17, 15) is 18.4 Å². The molecule has 2 N–H and O–H groups in total. The predicted molar refractivity (Wildman–Crippen MR) is 82.1 cm³/mol. The highest BCUT2D eigenvalue weighted by atomic mass is 19.1. The third-order valence-corrected chi connectivity index (χ3v) is 3.18. The molecule has 0 radical (unpaired) electrons. The van der Waals surface area contributed by atoms with Gasteiger partial charge in [0.25, 0.3) is 5.91 Å². The van der Waals surface area contributed by atoms with E-state index in [1.54, 1.807) is 19.9 Å².